The van der Waals surface area contributed by atoms with E-state index in [2.05, 4.69) is 21.2 Å². The molecule has 0 unspecified atom stereocenters. The molecule has 0 fully saturated rings. The van der Waals surface area contributed by atoms with Crippen molar-refractivity contribution in [3.63, 3.8) is 0 Å². The Morgan fingerprint density at radius 3 is 2.47 bits per heavy atom. The van der Waals surface area contributed by atoms with E-state index in [0.717, 1.165) is 6.07 Å². The fourth-order valence-corrected chi connectivity index (χ4v) is 1.55. The highest BCUT2D eigenvalue weighted by Gasteiger charge is 2.21. The van der Waals surface area contributed by atoms with E-state index in [1.165, 1.54) is 6.07 Å². The number of hydrogen-bond acceptors (Lipinski definition) is 2. The van der Waals surface area contributed by atoms with Crippen molar-refractivity contribution < 1.29 is 13.6 Å². The van der Waals surface area contributed by atoms with Crippen molar-refractivity contribution in [1.29, 1.82) is 0 Å². The van der Waals surface area contributed by atoms with Gasteiger partial charge in [0.25, 0.3) is 0 Å². The Morgan fingerprint density at radius 1 is 1.35 bits per heavy atom. The largest absolute Gasteiger partial charge is 0.305 e. The highest BCUT2D eigenvalue weighted by atomic mass is 79.9. The Balaban J connectivity index is 2.93. The SMILES string of the molecule is CC(C)(C)NCC(=O)c1c(F)ccc(Br)c1F. The van der Waals surface area contributed by atoms with Gasteiger partial charge in [-0.15, -0.1) is 0 Å². The van der Waals surface area contributed by atoms with E-state index in [-0.39, 0.29) is 16.6 Å². The van der Waals surface area contributed by atoms with Crippen molar-refractivity contribution in [3.8, 4) is 0 Å². The third-order valence-electron chi connectivity index (χ3n) is 2.10. The number of ketones is 1. The fraction of sp³-hybridized carbons (Fsp3) is 0.417. The second-order valence-electron chi connectivity index (χ2n) is 4.74. The van der Waals surface area contributed by atoms with Gasteiger partial charge >= 0.3 is 0 Å². The Labute approximate surface area is 108 Å². The number of carbonyl (C=O) groups is 1. The average molecular weight is 306 g/mol. The molecular formula is C12H14BrF2NO. The Kier molecular flexibility index (Phi) is 4.38. The molecular weight excluding hydrogens is 292 g/mol. The predicted molar refractivity (Wildman–Crippen MR) is 66.1 cm³/mol. The van der Waals surface area contributed by atoms with E-state index in [9.17, 15) is 13.6 Å². The van der Waals surface area contributed by atoms with Gasteiger partial charge in [-0.1, -0.05) is 0 Å². The van der Waals surface area contributed by atoms with Gasteiger partial charge in [-0.25, -0.2) is 8.78 Å². The zero-order chi connectivity index (χ0) is 13.2. The first-order valence-electron chi connectivity index (χ1n) is 5.14. The monoisotopic (exact) mass is 305 g/mol. The third-order valence-corrected chi connectivity index (χ3v) is 2.71. The lowest BCUT2D eigenvalue weighted by molar-refractivity contribution is 0.0973. The Hall–Kier alpha value is -0.810. The summed E-state index contributed by atoms with van der Waals surface area (Å²) in [4.78, 5) is 11.7. The van der Waals surface area contributed by atoms with Crippen LogP contribution in [0.5, 0.6) is 0 Å². The molecule has 0 atom stereocenters. The Morgan fingerprint density at radius 2 is 1.94 bits per heavy atom. The minimum atomic E-state index is -0.856. The predicted octanol–water partition coefficient (Wildman–Crippen LogP) is 3.30. The molecule has 94 valence electrons. The molecule has 0 radical (unpaired) electrons. The van der Waals surface area contributed by atoms with Crippen molar-refractivity contribution in [1.82, 2.24) is 5.32 Å². The van der Waals surface area contributed by atoms with Gasteiger partial charge in [-0.05, 0) is 48.8 Å². The molecule has 1 rings (SSSR count). The third kappa shape index (κ3) is 3.85. The first-order chi connectivity index (χ1) is 7.72. The van der Waals surface area contributed by atoms with Crippen LogP contribution < -0.4 is 5.32 Å². The molecule has 0 bridgehead atoms. The van der Waals surface area contributed by atoms with Crippen LogP contribution in [0.2, 0.25) is 0 Å². The van der Waals surface area contributed by atoms with Crippen molar-refractivity contribution in [3.05, 3.63) is 33.8 Å². The molecule has 2 nitrogen and oxygen atoms in total. The molecule has 5 heteroatoms. The number of carbonyl (C=O) groups excluding carboxylic acids is 1. The lowest BCUT2D eigenvalue weighted by Gasteiger charge is -2.20. The van der Waals surface area contributed by atoms with E-state index in [1.807, 2.05) is 20.8 Å². The van der Waals surface area contributed by atoms with Gasteiger partial charge in [0.05, 0.1) is 16.6 Å². The average Bonchev–Trinajstić information content (AvgIpc) is 2.20. The molecule has 0 aliphatic heterocycles. The number of hydrogen-bond donors (Lipinski definition) is 1. The smallest absolute Gasteiger partial charge is 0.182 e. The lowest BCUT2D eigenvalue weighted by atomic mass is 10.1. The van der Waals surface area contributed by atoms with E-state index in [0.29, 0.717) is 0 Å². The van der Waals surface area contributed by atoms with E-state index >= 15 is 0 Å². The highest BCUT2D eigenvalue weighted by molar-refractivity contribution is 9.10. The van der Waals surface area contributed by atoms with Gasteiger partial charge in [0.2, 0.25) is 0 Å². The molecule has 0 saturated heterocycles. The van der Waals surface area contributed by atoms with Crippen molar-refractivity contribution in [2.24, 2.45) is 0 Å². The van der Waals surface area contributed by atoms with E-state index < -0.39 is 23.0 Å². The molecule has 0 aliphatic rings. The minimum absolute atomic E-state index is 0.0815. The van der Waals surface area contributed by atoms with Gasteiger partial charge < -0.3 is 5.32 Å². The summed E-state index contributed by atoms with van der Waals surface area (Å²) in [5.41, 5.74) is -0.787. The zero-order valence-corrected chi connectivity index (χ0v) is 11.5. The number of halogens is 3. The van der Waals surface area contributed by atoms with Crippen molar-refractivity contribution in [2.75, 3.05) is 6.54 Å². The molecule has 17 heavy (non-hydrogen) atoms. The molecule has 0 amide bonds. The first kappa shape index (κ1) is 14.3. The van der Waals surface area contributed by atoms with Gasteiger partial charge in [-0.3, -0.25) is 4.79 Å². The number of Topliss-reactive ketones (excluding diaryl/α,β-unsaturated/α-hetero) is 1. The molecule has 1 aromatic rings. The maximum atomic E-state index is 13.6. The number of rotatable bonds is 3. The summed E-state index contributed by atoms with van der Waals surface area (Å²) < 4.78 is 27.1. The van der Waals surface area contributed by atoms with Crippen LogP contribution in [0.25, 0.3) is 0 Å². The normalized spacial score (nSPS) is 11.6. The highest BCUT2D eigenvalue weighted by Crippen LogP contribution is 2.21. The molecule has 0 aliphatic carbocycles. The topological polar surface area (TPSA) is 29.1 Å². The molecule has 0 aromatic heterocycles. The van der Waals surface area contributed by atoms with Crippen LogP contribution in [-0.2, 0) is 0 Å². The number of benzene rings is 1. The van der Waals surface area contributed by atoms with Gasteiger partial charge in [0.1, 0.15) is 5.82 Å². The molecule has 0 saturated carbocycles. The zero-order valence-electron chi connectivity index (χ0n) is 9.90. The van der Waals surface area contributed by atoms with Crippen LogP contribution in [0, 0.1) is 11.6 Å². The number of nitrogens with one attached hydrogen (secondary N) is 1. The standard InChI is InChI=1S/C12H14BrF2NO/c1-12(2,3)16-6-9(17)10-8(14)5-4-7(13)11(10)15/h4-5,16H,6H2,1-3H3. The lowest BCUT2D eigenvalue weighted by Crippen LogP contribution is -2.39. The second-order valence-corrected chi connectivity index (χ2v) is 5.60. The van der Waals surface area contributed by atoms with Crippen LogP contribution in [0.4, 0.5) is 8.78 Å². The Bertz CT molecular complexity index is 441. The van der Waals surface area contributed by atoms with E-state index in [4.69, 9.17) is 0 Å². The first-order valence-corrected chi connectivity index (χ1v) is 5.93. The summed E-state index contributed by atoms with van der Waals surface area (Å²) >= 11 is 2.92. The van der Waals surface area contributed by atoms with Crippen LogP contribution in [0.15, 0.2) is 16.6 Å². The molecule has 0 spiro atoms. The summed E-state index contributed by atoms with van der Waals surface area (Å²) in [6.07, 6.45) is 0. The molecule has 1 N–H and O–H groups in total. The van der Waals surface area contributed by atoms with E-state index in [1.54, 1.807) is 0 Å². The minimum Gasteiger partial charge on any atom is -0.305 e. The van der Waals surface area contributed by atoms with Crippen LogP contribution >= 0.6 is 15.9 Å². The second kappa shape index (κ2) is 5.23. The quantitative estimate of drug-likeness (QED) is 0.686. The summed E-state index contributed by atoms with van der Waals surface area (Å²) in [5, 5.41) is 2.90. The summed E-state index contributed by atoms with van der Waals surface area (Å²) in [7, 11) is 0. The van der Waals surface area contributed by atoms with Crippen LogP contribution in [-0.4, -0.2) is 17.9 Å². The van der Waals surface area contributed by atoms with Crippen molar-refractivity contribution in [2.45, 2.75) is 26.3 Å². The van der Waals surface area contributed by atoms with Gasteiger partial charge in [-0.2, -0.15) is 0 Å². The van der Waals surface area contributed by atoms with Crippen molar-refractivity contribution >= 4 is 21.7 Å². The molecule has 0 heterocycles. The van der Waals surface area contributed by atoms with Gasteiger partial charge in [0, 0.05) is 5.54 Å². The van der Waals surface area contributed by atoms with Crippen LogP contribution in [0.1, 0.15) is 31.1 Å². The fourth-order valence-electron chi connectivity index (χ4n) is 1.22. The maximum absolute atomic E-state index is 13.6. The maximum Gasteiger partial charge on any atom is 0.182 e. The van der Waals surface area contributed by atoms with Crippen LogP contribution in [0.3, 0.4) is 0 Å². The summed E-state index contributed by atoms with van der Waals surface area (Å²) in [6.45, 7) is 5.50. The summed E-state index contributed by atoms with van der Waals surface area (Å²) in [5.74, 6) is -2.30. The van der Waals surface area contributed by atoms with Gasteiger partial charge in [0.15, 0.2) is 11.6 Å². The summed E-state index contributed by atoms with van der Waals surface area (Å²) in [6, 6.07) is 2.30. The molecule has 1 aromatic carbocycles.